The van der Waals surface area contributed by atoms with Crippen molar-refractivity contribution in [3.8, 4) is 0 Å². The van der Waals surface area contributed by atoms with E-state index >= 15 is 0 Å². The van der Waals surface area contributed by atoms with Gasteiger partial charge in [0.05, 0.1) is 12.2 Å². The Hall–Kier alpha value is -1.03. The number of benzene rings is 1. The van der Waals surface area contributed by atoms with Gasteiger partial charge < -0.3 is 5.32 Å². The molecule has 0 aliphatic carbocycles. The predicted octanol–water partition coefficient (Wildman–Crippen LogP) is 4.53. The van der Waals surface area contributed by atoms with Gasteiger partial charge in [-0.25, -0.2) is 0 Å². The minimum atomic E-state index is 0.333. The molecule has 0 saturated carbocycles. The van der Waals surface area contributed by atoms with Crippen molar-refractivity contribution in [1.82, 2.24) is 15.1 Å². The predicted molar refractivity (Wildman–Crippen MR) is 89.4 cm³/mol. The molecule has 0 saturated heterocycles. The maximum atomic E-state index is 6.26. The molecule has 0 aliphatic rings. The summed E-state index contributed by atoms with van der Waals surface area (Å²) in [4.78, 5) is 0. The number of rotatable bonds is 5. The highest BCUT2D eigenvalue weighted by atomic mass is 35.5. The van der Waals surface area contributed by atoms with Gasteiger partial charge in [-0.2, -0.15) is 5.10 Å². The van der Waals surface area contributed by atoms with E-state index in [1.54, 1.807) is 6.07 Å². The minimum Gasteiger partial charge on any atom is -0.313 e. The van der Waals surface area contributed by atoms with E-state index in [9.17, 15) is 0 Å². The molecule has 1 heterocycles. The van der Waals surface area contributed by atoms with Gasteiger partial charge in [0.25, 0.3) is 0 Å². The van der Waals surface area contributed by atoms with Crippen LogP contribution in [0.25, 0.3) is 0 Å². The molecule has 0 spiro atoms. The summed E-state index contributed by atoms with van der Waals surface area (Å²) in [6.07, 6.45) is 1.03. The van der Waals surface area contributed by atoms with Gasteiger partial charge in [0.2, 0.25) is 0 Å². The first-order valence-corrected chi connectivity index (χ1v) is 7.88. The zero-order valence-electron chi connectivity index (χ0n) is 12.9. The van der Waals surface area contributed by atoms with Gasteiger partial charge in [0.1, 0.15) is 0 Å². The number of nitrogens with zero attached hydrogens (tertiary/aromatic N) is 2. The van der Waals surface area contributed by atoms with Crippen LogP contribution in [0.15, 0.2) is 18.2 Å². The number of aromatic nitrogens is 2. The fourth-order valence-electron chi connectivity index (χ4n) is 2.73. The van der Waals surface area contributed by atoms with E-state index in [2.05, 4.69) is 31.2 Å². The summed E-state index contributed by atoms with van der Waals surface area (Å²) in [5, 5.41) is 9.35. The Morgan fingerprint density at radius 2 is 2.00 bits per heavy atom. The third kappa shape index (κ3) is 3.42. The van der Waals surface area contributed by atoms with Crippen LogP contribution in [0.2, 0.25) is 10.0 Å². The molecule has 2 aromatic rings. The van der Waals surface area contributed by atoms with Crippen LogP contribution in [0, 0.1) is 13.8 Å². The monoisotopic (exact) mass is 325 g/mol. The van der Waals surface area contributed by atoms with Crippen molar-refractivity contribution in [2.75, 3.05) is 7.05 Å². The van der Waals surface area contributed by atoms with Crippen molar-refractivity contribution in [1.29, 1.82) is 0 Å². The van der Waals surface area contributed by atoms with Crippen LogP contribution in [0.4, 0.5) is 0 Å². The molecule has 1 N–H and O–H groups in total. The molecule has 1 aromatic heterocycles. The summed E-state index contributed by atoms with van der Waals surface area (Å²) in [6.45, 7) is 7.00. The topological polar surface area (TPSA) is 29.9 Å². The van der Waals surface area contributed by atoms with Crippen LogP contribution in [-0.4, -0.2) is 16.8 Å². The second-order valence-electron chi connectivity index (χ2n) is 5.23. The number of halogens is 2. The highest BCUT2D eigenvalue weighted by Crippen LogP contribution is 2.26. The molecule has 3 nitrogen and oxygen atoms in total. The number of aryl methyl sites for hydroxylation is 1. The van der Waals surface area contributed by atoms with Crippen molar-refractivity contribution in [3.63, 3.8) is 0 Å². The van der Waals surface area contributed by atoms with Crippen LogP contribution in [0.3, 0.4) is 0 Å². The van der Waals surface area contributed by atoms with Crippen LogP contribution >= 0.6 is 23.2 Å². The Labute approximate surface area is 136 Å². The van der Waals surface area contributed by atoms with E-state index in [0.29, 0.717) is 22.6 Å². The van der Waals surface area contributed by atoms with E-state index in [4.69, 9.17) is 23.2 Å². The molecule has 0 radical (unpaired) electrons. The summed E-state index contributed by atoms with van der Waals surface area (Å²) < 4.78 is 2.01. The average molecular weight is 326 g/mol. The molecular formula is C16H21Cl2N3. The second-order valence-corrected chi connectivity index (χ2v) is 6.07. The summed E-state index contributed by atoms with van der Waals surface area (Å²) in [5.74, 6) is 0. The number of hydrogen-bond acceptors (Lipinski definition) is 2. The molecule has 0 aliphatic heterocycles. The Morgan fingerprint density at radius 1 is 1.29 bits per heavy atom. The van der Waals surface area contributed by atoms with E-state index in [1.165, 1.54) is 11.3 Å². The molecule has 0 amide bonds. The van der Waals surface area contributed by atoms with Gasteiger partial charge in [0.15, 0.2) is 0 Å². The lowest BCUT2D eigenvalue weighted by Crippen LogP contribution is -2.17. The Morgan fingerprint density at radius 3 is 2.57 bits per heavy atom. The lowest BCUT2D eigenvalue weighted by atomic mass is 10.0. The summed E-state index contributed by atoms with van der Waals surface area (Å²) in [6, 6.07) is 5.92. The highest BCUT2D eigenvalue weighted by Gasteiger charge is 2.18. The van der Waals surface area contributed by atoms with Crippen molar-refractivity contribution < 1.29 is 0 Å². The normalized spacial score (nSPS) is 12.7. The van der Waals surface area contributed by atoms with Gasteiger partial charge >= 0.3 is 0 Å². The molecule has 1 aromatic carbocycles. The maximum Gasteiger partial charge on any atom is 0.0677 e. The molecule has 2 rings (SSSR count). The molecule has 0 bridgehead atoms. The van der Waals surface area contributed by atoms with Crippen molar-refractivity contribution >= 4 is 23.2 Å². The summed E-state index contributed by atoms with van der Waals surface area (Å²) in [5.41, 5.74) is 4.55. The molecule has 21 heavy (non-hydrogen) atoms. The van der Waals surface area contributed by atoms with E-state index < -0.39 is 0 Å². The summed E-state index contributed by atoms with van der Waals surface area (Å²) in [7, 11) is 1.99. The summed E-state index contributed by atoms with van der Waals surface area (Å²) >= 11 is 12.2. The molecule has 1 atom stereocenters. The van der Waals surface area contributed by atoms with E-state index in [0.717, 1.165) is 17.7 Å². The van der Waals surface area contributed by atoms with Crippen molar-refractivity contribution in [2.45, 2.75) is 39.8 Å². The lowest BCUT2D eigenvalue weighted by Gasteiger charge is -2.15. The SMILES string of the molecule is CCC(NC)c1c(C)nn(Cc2ccc(Cl)cc2Cl)c1C. The number of hydrogen-bond donors (Lipinski definition) is 1. The Balaban J connectivity index is 2.35. The maximum absolute atomic E-state index is 6.26. The first kappa shape index (κ1) is 16.3. The molecule has 0 fully saturated rings. The third-order valence-corrected chi connectivity index (χ3v) is 4.46. The lowest BCUT2D eigenvalue weighted by molar-refractivity contribution is 0.568. The van der Waals surface area contributed by atoms with E-state index in [-0.39, 0.29) is 0 Å². The Bertz CT molecular complexity index is 631. The Kier molecular flexibility index (Phi) is 5.31. The first-order chi connectivity index (χ1) is 9.97. The molecular weight excluding hydrogens is 305 g/mol. The zero-order chi connectivity index (χ0) is 15.6. The van der Waals surface area contributed by atoms with Crippen LogP contribution in [-0.2, 0) is 6.54 Å². The van der Waals surface area contributed by atoms with E-state index in [1.807, 2.05) is 23.9 Å². The van der Waals surface area contributed by atoms with Gasteiger partial charge in [-0.3, -0.25) is 4.68 Å². The quantitative estimate of drug-likeness (QED) is 0.875. The largest absolute Gasteiger partial charge is 0.313 e. The van der Waals surface area contributed by atoms with Gasteiger partial charge in [0, 0.05) is 27.3 Å². The smallest absolute Gasteiger partial charge is 0.0677 e. The van der Waals surface area contributed by atoms with Crippen LogP contribution in [0.5, 0.6) is 0 Å². The zero-order valence-corrected chi connectivity index (χ0v) is 14.4. The average Bonchev–Trinajstić information content (AvgIpc) is 2.71. The standard InChI is InChI=1S/C16H21Cl2N3/c1-5-15(19-4)16-10(2)20-21(11(16)3)9-12-6-7-13(17)8-14(12)18/h6-8,15,19H,5,9H2,1-4H3. The minimum absolute atomic E-state index is 0.333. The van der Waals surface area contributed by atoms with Crippen LogP contribution < -0.4 is 5.32 Å². The fraction of sp³-hybridized carbons (Fsp3) is 0.438. The first-order valence-electron chi connectivity index (χ1n) is 7.13. The molecule has 1 unspecified atom stereocenters. The second kappa shape index (κ2) is 6.82. The van der Waals surface area contributed by atoms with Gasteiger partial charge in [-0.15, -0.1) is 0 Å². The number of nitrogens with one attached hydrogen (secondary N) is 1. The van der Waals surface area contributed by atoms with Crippen molar-refractivity contribution in [3.05, 3.63) is 50.8 Å². The molecule has 114 valence electrons. The fourth-order valence-corrected chi connectivity index (χ4v) is 3.20. The molecule has 5 heteroatoms. The van der Waals surface area contributed by atoms with Gasteiger partial charge in [-0.1, -0.05) is 36.2 Å². The van der Waals surface area contributed by atoms with Gasteiger partial charge in [-0.05, 0) is 45.0 Å². The third-order valence-electron chi connectivity index (χ3n) is 3.88. The van der Waals surface area contributed by atoms with Crippen molar-refractivity contribution in [2.24, 2.45) is 0 Å². The van der Waals surface area contributed by atoms with Crippen LogP contribution in [0.1, 0.15) is 41.9 Å². The highest BCUT2D eigenvalue weighted by molar-refractivity contribution is 6.35.